The van der Waals surface area contributed by atoms with Crippen LogP contribution >= 0.6 is 0 Å². The number of carbonyl (C=O) groups excluding carboxylic acids is 2. The third-order valence-corrected chi connectivity index (χ3v) is 5.45. The van der Waals surface area contributed by atoms with Gasteiger partial charge < -0.3 is 14.2 Å². The summed E-state index contributed by atoms with van der Waals surface area (Å²) in [4.78, 5) is 30.8. The largest absolute Gasteiger partial charge is 0.459 e. The first-order chi connectivity index (χ1) is 13.7. The molecule has 0 N–H and O–H groups in total. The average Bonchev–Trinajstić information content (AvgIpc) is 3.29. The number of hydrogen-bond acceptors (Lipinski definition) is 4. The Morgan fingerprint density at radius 2 is 1.64 bits per heavy atom. The van der Waals surface area contributed by atoms with E-state index in [4.69, 9.17) is 4.42 Å². The molecule has 146 valence electrons. The summed E-state index contributed by atoms with van der Waals surface area (Å²) in [5, 5.41) is 0. The number of rotatable bonds is 4. The van der Waals surface area contributed by atoms with Crippen LogP contribution in [0.1, 0.15) is 22.5 Å². The molecule has 1 saturated heterocycles. The number of piperazine rings is 1. The number of furan rings is 1. The molecule has 1 aromatic heterocycles. The van der Waals surface area contributed by atoms with Crippen LogP contribution in [-0.2, 0) is 4.79 Å². The van der Waals surface area contributed by atoms with E-state index in [2.05, 4.69) is 35.2 Å². The van der Waals surface area contributed by atoms with Gasteiger partial charge in [-0.25, -0.2) is 0 Å². The summed E-state index contributed by atoms with van der Waals surface area (Å²) < 4.78 is 5.18. The van der Waals surface area contributed by atoms with Crippen LogP contribution in [0.25, 0.3) is 5.57 Å². The Kier molecular flexibility index (Phi) is 5.58. The molecular formula is C22H25N3O3. The Labute approximate surface area is 165 Å². The lowest BCUT2D eigenvalue weighted by atomic mass is 9.99. The quantitative estimate of drug-likeness (QED) is 0.818. The van der Waals surface area contributed by atoms with Gasteiger partial charge >= 0.3 is 0 Å². The number of carbonyl (C=O) groups is 2. The lowest BCUT2D eigenvalue weighted by Gasteiger charge is -2.36. The molecule has 0 bridgehead atoms. The van der Waals surface area contributed by atoms with Gasteiger partial charge in [0.15, 0.2) is 5.76 Å². The Morgan fingerprint density at radius 3 is 2.29 bits per heavy atom. The van der Waals surface area contributed by atoms with Gasteiger partial charge in [-0.3, -0.25) is 14.5 Å². The SMILES string of the molecule is O=C(CN1CC=C(c2ccccc2)CC1)N1CCN(C(=O)c2ccco2)CC1. The van der Waals surface area contributed by atoms with Crippen molar-refractivity contribution in [1.29, 1.82) is 0 Å². The maximum Gasteiger partial charge on any atom is 0.289 e. The van der Waals surface area contributed by atoms with Gasteiger partial charge in [0.05, 0.1) is 12.8 Å². The summed E-state index contributed by atoms with van der Waals surface area (Å²) in [7, 11) is 0. The molecule has 0 radical (unpaired) electrons. The summed E-state index contributed by atoms with van der Waals surface area (Å²) in [6, 6.07) is 13.8. The number of benzene rings is 1. The molecule has 6 nitrogen and oxygen atoms in total. The molecule has 0 saturated carbocycles. The van der Waals surface area contributed by atoms with Crippen LogP contribution in [0, 0.1) is 0 Å². The second kappa shape index (κ2) is 8.44. The normalized spacial score (nSPS) is 18.1. The molecule has 1 fully saturated rings. The van der Waals surface area contributed by atoms with Crippen LogP contribution in [0.5, 0.6) is 0 Å². The molecule has 4 rings (SSSR count). The summed E-state index contributed by atoms with van der Waals surface area (Å²) in [5.41, 5.74) is 2.63. The second-order valence-corrected chi connectivity index (χ2v) is 7.23. The molecule has 3 heterocycles. The van der Waals surface area contributed by atoms with Crippen LogP contribution in [0.3, 0.4) is 0 Å². The maximum absolute atomic E-state index is 12.7. The fourth-order valence-corrected chi connectivity index (χ4v) is 3.78. The standard InChI is InChI=1S/C22H25N3O3/c26-21(17-23-10-8-19(9-11-23)18-5-2-1-3-6-18)24-12-14-25(15-13-24)22(27)20-7-4-16-28-20/h1-8,16H,9-15,17H2. The highest BCUT2D eigenvalue weighted by atomic mass is 16.3. The predicted molar refractivity (Wildman–Crippen MR) is 107 cm³/mol. The lowest BCUT2D eigenvalue weighted by Crippen LogP contribution is -2.52. The van der Waals surface area contributed by atoms with E-state index in [1.165, 1.54) is 17.4 Å². The van der Waals surface area contributed by atoms with Crippen LogP contribution in [0.4, 0.5) is 0 Å². The minimum Gasteiger partial charge on any atom is -0.459 e. The monoisotopic (exact) mass is 379 g/mol. The topological polar surface area (TPSA) is 57.0 Å². The van der Waals surface area contributed by atoms with Crippen molar-refractivity contribution < 1.29 is 14.0 Å². The van der Waals surface area contributed by atoms with Crippen LogP contribution in [0.2, 0.25) is 0 Å². The van der Waals surface area contributed by atoms with Crippen LogP contribution in [0.15, 0.2) is 59.2 Å². The molecule has 2 amide bonds. The maximum atomic E-state index is 12.7. The highest BCUT2D eigenvalue weighted by molar-refractivity contribution is 5.91. The first-order valence-corrected chi connectivity index (χ1v) is 9.78. The zero-order chi connectivity index (χ0) is 19.3. The molecular weight excluding hydrogens is 354 g/mol. The molecule has 6 heteroatoms. The smallest absolute Gasteiger partial charge is 0.289 e. The van der Waals surface area contributed by atoms with Crippen molar-refractivity contribution in [2.45, 2.75) is 6.42 Å². The molecule has 0 unspecified atom stereocenters. The summed E-state index contributed by atoms with van der Waals surface area (Å²) in [6.07, 6.45) is 4.69. The van der Waals surface area contributed by atoms with Crippen molar-refractivity contribution >= 4 is 17.4 Å². The highest BCUT2D eigenvalue weighted by Crippen LogP contribution is 2.22. The first-order valence-electron chi connectivity index (χ1n) is 9.78. The molecule has 2 aliphatic rings. The highest BCUT2D eigenvalue weighted by Gasteiger charge is 2.27. The Bertz CT molecular complexity index is 837. The van der Waals surface area contributed by atoms with Gasteiger partial charge in [-0.2, -0.15) is 0 Å². The van der Waals surface area contributed by atoms with Crippen molar-refractivity contribution in [3.8, 4) is 0 Å². The van der Waals surface area contributed by atoms with Crippen molar-refractivity contribution in [2.24, 2.45) is 0 Å². The van der Waals surface area contributed by atoms with Gasteiger partial charge in [0, 0.05) is 39.3 Å². The van der Waals surface area contributed by atoms with E-state index >= 15 is 0 Å². The Hall–Kier alpha value is -2.86. The van der Waals surface area contributed by atoms with Crippen molar-refractivity contribution in [1.82, 2.24) is 14.7 Å². The fourth-order valence-electron chi connectivity index (χ4n) is 3.78. The molecule has 2 aromatic rings. The van der Waals surface area contributed by atoms with Gasteiger partial charge in [0.2, 0.25) is 5.91 Å². The second-order valence-electron chi connectivity index (χ2n) is 7.23. The van der Waals surface area contributed by atoms with Crippen LogP contribution < -0.4 is 0 Å². The van der Waals surface area contributed by atoms with Gasteiger partial charge in [-0.15, -0.1) is 0 Å². The van der Waals surface area contributed by atoms with Crippen molar-refractivity contribution in [3.63, 3.8) is 0 Å². The van der Waals surface area contributed by atoms with E-state index in [1.807, 2.05) is 11.0 Å². The van der Waals surface area contributed by atoms with E-state index in [0.29, 0.717) is 38.5 Å². The third-order valence-electron chi connectivity index (χ3n) is 5.45. The molecule has 1 aromatic carbocycles. The molecule has 28 heavy (non-hydrogen) atoms. The molecule has 2 aliphatic heterocycles. The Balaban J connectivity index is 1.25. The van der Waals surface area contributed by atoms with Gasteiger partial charge in [0.1, 0.15) is 0 Å². The average molecular weight is 379 g/mol. The van der Waals surface area contributed by atoms with E-state index < -0.39 is 0 Å². The van der Waals surface area contributed by atoms with E-state index in [1.54, 1.807) is 17.0 Å². The zero-order valence-electron chi connectivity index (χ0n) is 15.9. The van der Waals surface area contributed by atoms with Gasteiger partial charge in [-0.05, 0) is 29.7 Å². The summed E-state index contributed by atoms with van der Waals surface area (Å²) in [5.74, 6) is 0.391. The van der Waals surface area contributed by atoms with Crippen molar-refractivity contribution in [2.75, 3.05) is 45.8 Å². The lowest BCUT2D eigenvalue weighted by molar-refractivity contribution is -0.133. The Morgan fingerprint density at radius 1 is 0.893 bits per heavy atom. The van der Waals surface area contributed by atoms with Crippen molar-refractivity contribution in [3.05, 3.63) is 66.1 Å². The summed E-state index contributed by atoms with van der Waals surface area (Å²) >= 11 is 0. The first kappa shape index (κ1) is 18.5. The fraction of sp³-hybridized carbons (Fsp3) is 0.364. The van der Waals surface area contributed by atoms with E-state index in [-0.39, 0.29) is 11.8 Å². The number of hydrogen-bond donors (Lipinski definition) is 0. The minimum absolute atomic E-state index is 0.105. The minimum atomic E-state index is -0.105. The van der Waals surface area contributed by atoms with Gasteiger partial charge in [-0.1, -0.05) is 36.4 Å². The molecule has 0 atom stereocenters. The van der Waals surface area contributed by atoms with Crippen LogP contribution in [-0.4, -0.2) is 72.3 Å². The molecule has 0 aliphatic carbocycles. The van der Waals surface area contributed by atoms with E-state index in [9.17, 15) is 9.59 Å². The zero-order valence-corrected chi connectivity index (χ0v) is 15.9. The number of amides is 2. The van der Waals surface area contributed by atoms with E-state index in [0.717, 1.165) is 19.5 Å². The third kappa shape index (κ3) is 4.17. The molecule has 0 spiro atoms. The van der Waals surface area contributed by atoms with Gasteiger partial charge in [0.25, 0.3) is 5.91 Å². The predicted octanol–water partition coefficient (Wildman–Crippen LogP) is 2.35. The number of nitrogens with zero attached hydrogens (tertiary/aromatic N) is 3. The summed E-state index contributed by atoms with van der Waals surface area (Å²) in [6.45, 7) is 4.36.